The quantitative estimate of drug-likeness (QED) is 0.921. The molecule has 2 unspecified atom stereocenters. The van der Waals surface area contributed by atoms with Gasteiger partial charge in [0.25, 0.3) is 0 Å². The van der Waals surface area contributed by atoms with E-state index in [9.17, 15) is 0 Å². The average molecular weight is 283 g/mol. The summed E-state index contributed by atoms with van der Waals surface area (Å²) in [5.74, 6) is 0. The number of hydrogen-bond acceptors (Lipinski definition) is 3. The average Bonchev–Trinajstić information content (AvgIpc) is 2.41. The van der Waals surface area contributed by atoms with Gasteiger partial charge in [-0.05, 0) is 38.0 Å². The third kappa shape index (κ3) is 4.18. The van der Waals surface area contributed by atoms with E-state index in [0.717, 1.165) is 31.1 Å². The molecule has 1 fully saturated rings. The molecule has 0 amide bonds. The fraction of sp³-hybridized carbons (Fsp3) is 0.600. The van der Waals surface area contributed by atoms with Gasteiger partial charge in [0.15, 0.2) is 0 Å². The maximum atomic E-state index is 6.30. The van der Waals surface area contributed by atoms with Crippen molar-refractivity contribution in [2.45, 2.75) is 38.5 Å². The van der Waals surface area contributed by atoms with Gasteiger partial charge in [0.2, 0.25) is 0 Å². The molecule has 0 bridgehead atoms. The summed E-state index contributed by atoms with van der Waals surface area (Å²) >= 11 is 5.89. The van der Waals surface area contributed by atoms with E-state index in [0.29, 0.717) is 6.04 Å². The zero-order valence-corrected chi connectivity index (χ0v) is 12.4. The Hall–Kier alpha value is -0.610. The lowest BCUT2D eigenvalue weighted by Gasteiger charge is -2.38. The summed E-state index contributed by atoms with van der Waals surface area (Å²) in [6, 6.07) is 8.46. The second kappa shape index (κ2) is 6.71. The molecule has 0 aromatic heterocycles. The van der Waals surface area contributed by atoms with Gasteiger partial charge in [-0.2, -0.15) is 0 Å². The van der Waals surface area contributed by atoms with Gasteiger partial charge in [-0.1, -0.05) is 23.7 Å². The molecule has 1 saturated heterocycles. The van der Waals surface area contributed by atoms with Gasteiger partial charge in [-0.3, -0.25) is 4.90 Å². The Bertz CT molecular complexity index is 394. The van der Waals surface area contributed by atoms with Crippen LogP contribution in [0.2, 0.25) is 5.02 Å². The Morgan fingerprint density at radius 1 is 1.37 bits per heavy atom. The Balaban J connectivity index is 1.92. The maximum Gasteiger partial charge on any atom is 0.0856 e. The summed E-state index contributed by atoms with van der Waals surface area (Å²) in [7, 11) is 0. The molecule has 0 spiro atoms. The van der Waals surface area contributed by atoms with Crippen LogP contribution in [0.5, 0.6) is 0 Å². The van der Waals surface area contributed by atoms with E-state index >= 15 is 0 Å². The Labute approximate surface area is 120 Å². The van der Waals surface area contributed by atoms with Crippen LogP contribution in [0.1, 0.15) is 19.4 Å². The van der Waals surface area contributed by atoms with Crippen LogP contribution in [0.25, 0.3) is 0 Å². The van der Waals surface area contributed by atoms with E-state index in [1.807, 2.05) is 24.3 Å². The van der Waals surface area contributed by atoms with Crippen molar-refractivity contribution in [3.8, 4) is 0 Å². The number of morpholine rings is 1. The number of nitrogens with two attached hydrogens (primary N) is 1. The van der Waals surface area contributed by atoms with E-state index < -0.39 is 0 Å². The Morgan fingerprint density at radius 3 is 2.68 bits per heavy atom. The van der Waals surface area contributed by atoms with Gasteiger partial charge in [-0.25, -0.2) is 0 Å². The molecule has 2 rings (SSSR count). The first-order valence-electron chi connectivity index (χ1n) is 6.92. The zero-order chi connectivity index (χ0) is 13.8. The molecule has 1 heterocycles. The molecular weight excluding hydrogens is 260 g/mol. The predicted octanol–water partition coefficient (Wildman–Crippen LogP) is 2.32. The number of nitrogens with zero attached hydrogens (tertiary/aromatic N) is 1. The molecule has 2 atom stereocenters. The van der Waals surface area contributed by atoms with Gasteiger partial charge in [0.05, 0.1) is 12.7 Å². The Morgan fingerprint density at radius 2 is 2.05 bits per heavy atom. The van der Waals surface area contributed by atoms with E-state index in [1.165, 1.54) is 5.56 Å². The maximum absolute atomic E-state index is 6.30. The van der Waals surface area contributed by atoms with Crippen molar-refractivity contribution in [3.63, 3.8) is 0 Å². The van der Waals surface area contributed by atoms with Gasteiger partial charge in [-0.15, -0.1) is 0 Å². The topological polar surface area (TPSA) is 38.5 Å². The van der Waals surface area contributed by atoms with E-state index in [4.69, 9.17) is 22.1 Å². The van der Waals surface area contributed by atoms with Crippen molar-refractivity contribution >= 4 is 11.6 Å². The third-order valence-electron chi connectivity index (χ3n) is 3.72. The Kier molecular flexibility index (Phi) is 5.22. The first kappa shape index (κ1) is 14.8. The number of ether oxygens (including phenoxy) is 1. The number of halogens is 1. The third-order valence-corrected chi connectivity index (χ3v) is 3.97. The van der Waals surface area contributed by atoms with E-state index in [2.05, 4.69) is 18.7 Å². The highest BCUT2D eigenvalue weighted by Crippen LogP contribution is 2.15. The first-order chi connectivity index (χ1) is 9.06. The summed E-state index contributed by atoms with van der Waals surface area (Å²) in [6.07, 6.45) is 0.945. The van der Waals surface area contributed by atoms with Crippen molar-refractivity contribution in [2.75, 3.05) is 19.7 Å². The molecule has 3 nitrogen and oxygen atoms in total. The second-order valence-electron chi connectivity index (χ2n) is 5.49. The molecular formula is C15H23ClN2O. The molecule has 19 heavy (non-hydrogen) atoms. The normalized spacial score (nSPS) is 22.7. The summed E-state index contributed by atoms with van der Waals surface area (Å²) in [4.78, 5) is 2.43. The lowest BCUT2D eigenvalue weighted by atomic mass is 10.0. The summed E-state index contributed by atoms with van der Waals surface area (Å²) in [6.45, 7) is 7.13. The smallest absolute Gasteiger partial charge is 0.0856 e. The van der Waals surface area contributed by atoms with Crippen molar-refractivity contribution in [3.05, 3.63) is 34.9 Å². The highest BCUT2D eigenvalue weighted by atomic mass is 35.5. The highest BCUT2D eigenvalue weighted by molar-refractivity contribution is 6.30. The lowest BCUT2D eigenvalue weighted by Crippen LogP contribution is -2.53. The van der Waals surface area contributed by atoms with Crippen LogP contribution >= 0.6 is 11.6 Å². The van der Waals surface area contributed by atoms with Gasteiger partial charge in [0.1, 0.15) is 0 Å². The molecule has 2 N–H and O–H groups in total. The number of benzene rings is 1. The van der Waals surface area contributed by atoms with Gasteiger partial charge >= 0.3 is 0 Å². The molecule has 1 aliphatic rings. The SMILES string of the molecule is CC(C)N1CCOC(C(N)Cc2ccc(Cl)cc2)C1. The van der Waals surface area contributed by atoms with Crippen molar-refractivity contribution in [1.29, 1.82) is 0 Å². The lowest BCUT2D eigenvalue weighted by molar-refractivity contribution is -0.0495. The fourth-order valence-electron chi connectivity index (χ4n) is 2.45. The second-order valence-corrected chi connectivity index (χ2v) is 5.93. The molecule has 1 aliphatic heterocycles. The molecule has 0 saturated carbocycles. The largest absolute Gasteiger partial charge is 0.374 e. The molecule has 1 aromatic rings. The first-order valence-corrected chi connectivity index (χ1v) is 7.29. The monoisotopic (exact) mass is 282 g/mol. The van der Waals surface area contributed by atoms with Crippen LogP contribution in [0, 0.1) is 0 Å². The molecule has 1 aromatic carbocycles. The van der Waals surface area contributed by atoms with Crippen LogP contribution in [0.3, 0.4) is 0 Å². The van der Waals surface area contributed by atoms with Crippen LogP contribution in [-0.2, 0) is 11.2 Å². The fourth-order valence-corrected chi connectivity index (χ4v) is 2.57. The van der Waals surface area contributed by atoms with Gasteiger partial charge < -0.3 is 10.5 Å². The van der Waals surface area contributed by atoms with Crippen LogP contribution < -0.4 is 5.73 Å². The minimum atomic E-state index is 0.0303. The van der Waals surface area contributed by atoms with E-state index in [1.54, 1.807) is 0 Å². The molecule has 106 valence electrons. The standard InChI is InChI=1S/C15H23ClN2O/c1-11(2)18-7-8-19-15(10-18)14(17)9-12-3-5-13(16)6-4-12/h3-6,11,14-15H,7-10,17H2,1-2H3. The van der Waals surface area contributed by atoms with Gasteiger partial charge in [0, 0.05) is 30.2 Å². The predicted molar refractivity (Wildman–Crippen MR) is 79.6 cm³/mol. The minimum Gasteiger partial charge on any atom is -0.374 e. The van der Waals surface area contributed by atoms with Crippen LogP contribution in [0.15, 0.2) is 24.3 Å². The highest BCUT2D eigenvalue weighted by Gasteiger charge is 2.27. The van der Waals surface area contributed by atoms with Crippen LogP contribution in [0.4, 0.5) is 0 Å². The molecule has 0 radical (unpaired) electrons. The van der Waals surface area contributed by atoms with Crippen molar-refractivity contribution in [1.82, 2.24) is 4.90 Å². The summed E-state index contributed by atoms with van der Waals surface area (Å²) < 4.78 is 5.82. The summed E-state index contributed by atoms with van der Waals surface area (Å²) in [5, 5.41) is 0.761. The minimum absolute atomic E-state index is 0.0303. The zero-order valence-electron chi connectivity index (χ0n) is 11.7. The van der Waals surface area contributed by atoms with Crippen LogP contribution in [-0.4, -0.2) is 42.8 Å². The molecule has 4 heteroatoms. The number of rotatable bonds is 4. The van der Waals surface area contributed by atoms with Crippen molar-refractivity contribution < 1.29 is 4.74 Å². The van der Waals surface area contributed by atoms with Crippen molar-refractivity contribution in [2.24, 2.45) is 5.73 Å². The molecule has 0 aliphatic carbocycles. The van der Waals surface area contributed by atoms with E-state index in [-0.39, 0.29) is 12.1 Å². The number of hydrogen-bond donors (Lipinski definition) is 1. The summed E-state index contributed by atoms with van der Waals surface area (Å²) in [5.41, 5.74) is 7.51.